The van der Waals surface area contributed by atoms with Crippen molar-refractivity contribution < 1.29 is 86.6 Å². The lowest BCUT2D eigenvalue weighted by Gasteiger charge is -2.27. The van der Waals surface area contributed by atoms with Crippen LogP contribution >= 0.6 is 11.8 Å². The van der Waals surface area contributed by atoms with E-state index in [-0.39, 0.29) is 93.6 Å². The number of thioether (sulfide) groups is 1. The number of nitrogens with zero attached hydrogens (tertiary/aromatic N) is 2. The second-order valence-corrected chi connectivity index (χ2v) is 28.1. The molecule has 41 nitrogen and oxygen atoms in total. The van der Waals surface area contributed by atoms with Gasteiger partial charge < -0.3 is 119 Å². The number of H-pyrrole nitrogens is 2. The topological polar surface area (TPSA) is 694 Å². The molecule has 0 fully saturated rings. The van der Waals surface area contributed by atoms with Crippen molar-refractivity contribution in [3.05, 3.63) is 54.2 Å². The molecule has 16 amide bonds. The van der Waals surface area contributed by atoms with E-state index < -0.39 is 205 Å². The van der Waals surface area contributed by atoms with Crippen molar-refractivity contribution in [1.29, 1.82) is 0 Å². The number of aliphatic carboxylic acids is 1. The first-order valence-electron chi connectivity index (χ1n) is 35.1. The Bertz CT molecular complexity index is 3700. The lowest BCUT2D eigenvalue weighted by Crippen LogP contribution is -2.60. The van der Waals surface area contributed by atoms with Gasteiger partial charge in [0, 0.05) is 61.2 Å². The molecule has 42 heteroatoms. The third-order valence-electron chi connectivity index (χ3n) is 16.3. The van der Waals surface area contributed by atoms with E-state index in [0.717, 1.165) is 11.8 Å². The number of para-hydroxylation sites is 1. The summed E-state index contributed by atoms with van der Waals surface area (Å²) in [6, 6.07) is -9.23. The predicted octanol–water partition coefficient (Wildman–Crippen LogP) is -6.99. The summed E-state index contributed by atoms with van der Waals surface area (Å²) in [5, 5.41) is 40.1. The molecule has 1 aromatic carbocycles. The number of carboxylic acid groups (broad SMARTS) is 1. The fraction of sp³-hybridized carbons (Fsp3) is 0.567. The first-order valence-corrected chi connectivity index (χ1v) is 36.2. The van der Waals surface area contributed by atoms with Crippen molar-refractivity contribution in [3.63, 3.8) is 0 Å². The van der Waals surface area contributed by atoms with E-state index >= 15 is 0 Å². The summed E-state index contributed by atoms with van der Waals surface area (Å²) in [6.07, 6.45) is 1.43. The highest BCUT2D eigenvalue weighted by molar-refractivity contribution is 7.99. The molecule has 11 atom stereocenters. The lowest BCUT2D eigenvalue weighted by molar-refractivity contribution is -0.142. The van der Waals surface area contributed by atoms with Crippen LogP contribution < -0.4 is 104 Å². The Kier molecular flexibility index (Phi) is 39.2. The van der Waals surface area contributed by atoms with Gasteiger partial charge in [0.25, 0.3) is 0 Å². The Labute approximate surface area is 632 Å². The van der Waals surface area contributed by atoms with Gasteiger partial charge in [0.05, 0.1) is 37.6 Å². The quantitative estimate of drug-likeness (QED) is 0.0142. The van der Waals surface area contributed by atoms with Gasteiger partial charge in [0.2, 0.25) is 94.5 Å². The van der Waals surface area contributed by atoms with E-state index in [4.69, 9.17) is 40.1 Å². The number of carbonyl (C=O) groups excluding carboxylic acids is 16. The molecule has 0 unspecified atom stereocenters. The number of hydrogen-bond acceptors (Lipinski definition) is 21. The molecule has 2 heterocycles. The highest BCUT2D eigenvalue weighted by Gasteiger charge is 2.36. The van der Waals surface area contributed by atoms with Gasteiger partial charge in [-0.05, 0) is 87.0 Å². The summed E-state index contributed by atoms with van der Waals surface area (Å²) >= 11 is 1.07. The lowest BCUT2D eigenvalue weighted by atomic mass is 10.0. The molecule has 3 aromatic rings. The number of aliphatic imine (C=N–C) groups is 1. The first kappa shape index (κ1) is 91.7. The number of hydrogen-bond donors (Lipinski definition) is 22. The number of primary amides is 4. The second-order valence-electron chi connectivity index (χ2n) is 27.0. The summed E-state index contributed by atoms with van der Waals surface area (Å²) in [4.78, 5) is 239. The average Bonchev–Trinajstić information content (AvgIpc) is 1.70. The molecular weight excluding hydrogens is 1450 g/mol. The number of aromatic amines is 2. The largest absolute Gasteiger partial charge is 0.480 e. The van der Waals surface area contributed by atoms with Crippen molar-refractivity contribution in [1.82, 2.24) is 78.8 Å². The molecule has 0 bridgehead atoms. The molecular formula is C67H105N23O18S. The number of imidazole rings is 1. The SMILES string of the molecule is CC(C)C[C@H](NC(=O)[C@H](CCCN=C(N)N)NC(=O)[C@@H](N)CCC(N)=O)C(=O)NCC(=O)N[C@@H](CC(N)=O)C(=O)N[C@@H](CCC(N)=O)C(=O)N[C@@H](Cc1c[nH]c2ccccc12)C(=O)N[C@@H](C)C(=O)N[C@H](C(=O)NCC(=O)N[C@@H](Cc1cnc[nH]1)C(=O)N[C@@H](CC(C)C)C(=O)N[C@@H](CCSCC(N)=O)C(=O)O)C(C)C. The van der Waals surface area contributed by atoms with Crippen LogP contribution in [-0.2, 0) is 94.3 Å². The van der Waals surface area contributed by atoms with Crippen molar-refractivity contribution in [2.24, 2.45) is 62.9 Å². The number of carbonyl (C=O) groups is 17. The molecule has 2 aromatic heterocycles. The molecule has 3 rings (SSSR count). The molecule has 0 saturated heterocycles. The summed E-state index contributed by atoms with van der Waals surface area (Å²) < 4.78 is 0. The minimum atomic E-state index is -1.86. The van der Waals surface area contributed by atoms with Crippen LogP contribution in [0.25, 0.3) is 10.9 Å². The summed E-state index contributed by atoms with van der Waals surface area (Å²) in [6.45, 7) is 9.73. The van der Waals surface area contributed by atoms with Gasteiger partial charge in [0.1, 0.15) is 60.4 Å². The maximum absolute atomic E-state index is 14.5. The monoisotopic (exact) mass is 1550 g/mol. The normalized spacial score (nSPS) is 14.2. The van der Waals surface area contributed by atoms with Gasteiger partial charge in [-0.15, -0.1) is 0 Å². The number of carboxylic acids is 1. The standard InChI is InChI=1S/C67H105N23O18S/c1-32(2)21-44(87-59(100)41(13-10-19-76-67(73)74)84-57(98)39(68)14-16-49(69)91)58(99)78-28-53(95)83-48(25-51(71)93)64(105)85-42(15-17-50(70)92)60(101)89-46(23-36-26-77-40-12-9-8-11-38(36)40)61(102)81-35(7)56(97)90-55(34(5)6)65(106)79-29-54(96)82-47(24-37-27-75-31-80-37)63(104)88-45(22-33(3)4)62(103)86-43(66(107)108)18-20-109-30-52(72)94/h8-9,11-12,26-27,31-35,39,41-48,55,77H,10,13-25,28-30,68H2,1-7H3,(H2,69,91)(H2,70,92)(H2,71,93)(H2,72,94)(H,75,80)(H,78,99)(H,79,106)(H,81,102)(H,82,96)(H,83,95)(H,84,98)(H,85,105)(H,86,103)(H,87,100)(H,88,104)(H,89,101)(H,90,97)(H,107,108)(H4,73,74,76)/t35-,39-,41-,42-,43-,44-,45-,46-,47-,48-,55-/m0/s1. The van der Waals surface area contributed by atoms with E-state index in [2.05, 4.69) is 83.7 Å². The van der Waals surface area contributed by atoms with Crippen LogP contribution in [0.1, 0.15) is 124 Å². The van der Waals surface area contributed by atoms with Gasteiger partial charge in [-0.1, -0.05) is 59.7 Å². The Morgan fingerprint density at radius 3 is 1.57 bits per heavy atom. The zero-order valence-corrected chi connectivity index (χ0v) is 62.7. The van der Waals surface area contributed by atoms with Gasteiger partial charge in [-0.3, -0.25) is 81.7 Å². The van der Waals surface area contributed by atoms with Crippen LogP contribution in [0.15, 0.2) is 48.0 Å². The van der Waals surface area contributed by atoms with E-state index in [1.54, 1.807) is 72.0 Å². The second kappa shape index (κ2) is 46.6. The smallest absolute Gasteiger partial charge is 0.326 e. The molecule has 109 heavy (non-hydrogen) atoms. The van der Waals surface area contributed by atoms with Gasteiger partial charge in [-0.2, -0.15) is 11.8 Å². The Balaban J connectivity index is 1.83. The number of aromatic nitrogens is 3. The van der Waals surface area contributed by atoms with Crippen LogP contribution in [0.2, 0.25) is 0 Å². The fourth-order valence-corrected chi connectivity index (χ4v) is 11.4. The van der Waals surface area contributed by atoms with Crippen molar-refractivity contribution in [2.45, 2.75) is 192 Å². The predicted molar refractivity (Wildman–Crippen MR) is 396 cm³/mol. The number of benzene rings is 1. The molecule has 29 N–H and O–H groups in total. The molecule has 0 saturated carbocycles. The van der Waals surface area contributed by atoms with Gasteiger partial charge in [0.15, 0.2) is 5.96 Å². The van der Waals surface area contributed by atoms with Crippen LogP contribution in [0.5, 0.6) is 0 Å². The molecule has 602 valence electrons. The molecule has 0 aliphatic heterocycles. The van der Waals surface area contributed by atoms with Crippen molar-refractivity contribution in [3.8, 4) is 0 Å². The van der Waals surface area contributed by atoms with E-state index in [0.29, 0.717) is 22.2 Å². The number of fused-ring (bicyclic) bond motifs is 1. The highest BCUT2D eigenvalue weighted by atomic mass is 32.2. The zero-order valence-electron chi connectivity index (χ0n) is 61.9. The molecule has 0 radical (unpaired) electrons. The molecule has 0 aliphatic carbocycles. The van der Waals surface area contributed by atoms with Crippen LogP contribution in [-0.4, -0.2) is 224 Å². The maximum Gasteiger partial charge on any atom is 0.326 e. The minimum Gasteiger partial charge on any atom is -0.480 e. The third kappa shape index (κ3) is 34.8. The van der Waals surface area contributed by atoms with E-state index in [1.807, 2.05) is 0 Å². The summed E-state index contributed by atoms with van der Waals surface area (Å²) in [7, 11) is 0. The summed E-state index contributed by atoms with van der Waals surface area (Å²) in [5.41, 5.74) is 39.6. The highest BCUT2D eigenvalue weighted by Crippen LogP contribution is 2.20. The first-order chi connectivity index (χ1) is 51.2. The number of nitrogens with one attached hydrogen (secondary N) is 14. The fourth-order valence-electron chi connectivity index (χ4n) is 10.7. The zero-order chi connectivity index (χ0) is 81.8. The molecule has 0 spiro atoms. The Hall–Kier alpha value is -11.5. The third-order valence-corrected chi connectivity index (χ3v) is 17.3. The average molecular weight is 1550 g/mol. The minimum absolute atomic E-state index is 0.0127. The van der Waals surface area contributed by atoms with Gasteiger partial charge >= 0.3 is 5.97 Å². The van der Waals surface area contributed by atoms with Gasteiger partial charge in [-0.25, -0.2) is 9.78 Å². The van der Waals surface area contributed by atoms with E-state index in [1.165, 1.54) is 19.4 Å². The Morgan fingerprint density at radius 1 is 0.505 bits per heavy atom. The maximum atomic E-state index is 14.5. The number of nitrogens with two attached hydrogens (primary N) is 7. The van der Waals surface area contributed by atoms with Crippen LogP contribution in [0.4, 0.5) is 0 Å². The van der Waals surface area contributed by atoms with Crippen LogP contribution in [0.3, 0.4) is 0 Å². The van der Waals surface area contributed by atoms with Crippen LogP contribution in [0, 0.1) is 17.8 Å². The van der Waals surface area contributed by atoms with E-state index in [9.17, 15) is 86.6 Å². The molecule has 0 aliphatic rings. The number of guanidine groups is 1. The summed E-state index contributed by atoms with van der Waals surface area (Å²) in [5.74, 6) is -17.5. The van der Waals surface area contributed by atoms with Crippen molar-refractivity contribution in [2.75, 3.05) is 31.1 Å². The van der Waals surface area contributed by atoms with Crippen molar-refractivity contribution >= 4 is 129 Å². The number of amides is 16. The Morgan fingerprint density at radius 2 is 1.01 bits per heavy atom. The number of rotatable bonds is 51.